The van der Waals surface area contributed by atoms with Crippen molar-refractivity contribution in [1.29, 1.82) is 0 Å². The van der Waals surface area contributed by atoms with Crippen LogP contribution in [0.25, 0.3) is 16.6 Å². The van der Waals surface area contributed by atoms with Gasteiger partial charge in [-0.05, 0) is 57.5 Å². The molecule has 188 valence electrons. The maximum atomic E-state index is 13.6. The summed E-state index contributed by atoms with van der Waals surface area (Å²) < 4.78 is 5.82. The molecule has 4 rings (SSSR count). The lowest BCUT2D eigenvalue weighted by Crippen LogP contribution is -2.56. The Morgan fingerprint density at radius 2 is 2.00 bits per heavy atom. The number of carboxylic acids is 1. The highest BCUT2D eigenvalue weighted by Crippen LogP contribution is 2.35. The zero-order valence-electron chi connectivity index (χ0n) is 20.6. The molecule has 1 aliphatic heterocycles. The minimum atomic E-state index is -1.04. The number of amides is 1. The Bertz CT molecular complexity index is 1230. The number of thiazole rings is 1. The molecule has 2 N–H and O–H groups in total. The van der Waals surface area contributed by atoms with Gasteiger partial charge in [-0.15, -0.1) is 11.3 Å². The molecule has 0 bridgehead atoms. The zero-order chi connectivity index (χ0) is 25.8. The van der Waals surface area contributed by atoms with Crippen molar-refractivity contribution in [3.05, 3.63) is 71.4 Å². The van der Waals surface area contributed by atoms with Gasteiger partial charge in [-0.3, -0.25) is 4.90 Å². The second kappa shape index (κ2) is 10.6. The molecule has 1 aliphatic rings. The van der Waals surface area contributed by atoms with Crippen molar-refractivity contribution in [1.82, 2.24) is 15.3 Å². The van der Waals surface area contributed by atoms with Gasteiger partial charge in [0.2, 0.25) is 0 Å². The molecule has 0 spiro atoms. The van der Waals surface area contributed by atoms with Gasteiger partial charge in [0, 0.05) is 36.2 Å². The van der Waals surface area contributed by atoms with Crippen LogP contribution in [0, 0.1) is 0 Å². The number of pyridine rings is 1. The number of carbonyl (C=O) groups is 2. The van der Waals surface area contributed by atoms with E-state index in [9.17, 15) is 9.59 Å². The van der Waals surface area contributed by atoms with E-state index in [0.717, 1.165) is 28.9 Å². The van der Waals surface area contributed by atoms with Crippen LogP contribution < -0.4 is 10.2 Å². The third-order valence-electron chi connectivity index (χ3n) is 5.77. The molecule has 3 heterocycles. The number of ether oxygens (including phenoxy) is 1. The van der Waals surface area contributed by atoms with E-state index in [1.54, 1.807) is 34.6 Å². The Kier molecular flexibility index (Phi) is 7.51. The summed E-state index contributed by atoms with van der Waals surface area (Å²) in [7, 11) is 0. The normalized spacial score (nSPS) is 17.9. The van der Waals surface area contributed by atoms with Gasteiger partial charge in [-0.25, -0.2) is 19.6 Å². The number of aliphatic carboxylic acids is 1. The maximum absolute atomic E-state index is 13.6. The number of hydrogen-bond donors (Lipinski definition) is 2. The van der Waals surface area contributed by atoms with Crippen LogP contribution in [0.4, 0.5) is 10.6 Å². The smallest absolute Gasteiger partial charge is 0.416 e. The van der Waals surface area contributed by atoms with Crippen molar-refractivity contribution in [3.8, 4) is 10.6 Å². The molecule has 2 aromatic heterocycles. The summed E-state index contributed by atoms with van der Waals surface area (Å²) in [4.78, 5) is 35.5. The Morgan fingerprint density at radius 1 is 1.22 bits per heavy atom. The molecule has 1 atom stereocenters. The molecule has 9 heteroatoms. The quantitative estimate of drug-likeness (QED) is 0.434. The van der Waals surface area contributed by atoms with E-state index < -0.39 is 23.2 Å². The van der Waals surface area contributed by atoms with E-state index in [1.807, 2.05) is 56.5 Å². The molecule has 0 radical (unpaired) electrons. The Morgan fingerprint density at radius 3 is 2.61 bits per heavy atom. The van der Waals surface area contributed by atoms with Gasteiger partial charge < -0.3 is 15.2 Å². The van der Waals surface area contributed by atoms with Crippen LogP contribution in [-0.2, 0) is 16.0 Å². The first-order valence-electron chi connectivity index (χ1n) is 11.8. The molecule has 0 aliphatic carbocycles. The van der Waals surface area contributed by atoms with Crippen LogP contribution in [0.5, 0.6) is 0 Å². The van der Waals surface area contributed by atoms with Crippen LogP contribution in [-0.4, -0.2) is 51.4 Å². The van der Waals surface area contributed by atoms with E-state index in [4.69, 9.17) is 14.8 Å². The lowest BCUT2D eigenvalue weighted by molar-refractivity contribution is -0.131. The first kappa shape index (κ1) is 25.5. The second-order valence-electron chi connectivity index (χ2n) is 9.77. The SMILES string of the molecule is CC(C)(C)OC(=O)N(c1ccc(/C=C/C(=O)O)cn1)[C@@]1(Cc2csc(-c3ccccc3)n2)CCNC1. The number of anilines is 1. The number of rotatable bonds is 7. The highest BCUT2D eigenvalue weighted by Gasteiger charge is 2.46. The number of benzene rings is 1. The predicted octanol–water partition coefficient (Wildman–Crippen LogP) is 5.02. The van der Waals surface area contributed by atoms with E-state index in [0.29, 0.717) is 30.8 Å². The third kappa shape index (κ3) is 6.16. The number of nitrogens with zero attached hydrogens (tertiary/aromatic N) is 3. The van der Waals surface area contributed by atoms with Crippen LogP contribution in [0.2, 0.25) is 0 Å². The van der Waals surface area contributed by atoms with E-state index in [2.05, 4.69) is 10.3 Å². The Hall–Kier alpha value is -3.56. The van der Waals surface area contributed by atoms with Crippen molar-refractivity contribution >= 4 is 35.3 Å². The van der Waals surface area contributed by atoms with Crippen LogP contribution >= 0.6 is 11.3 Å². The standard InChI is InChI=1S/C27H30N4O4S/c1-26(2,3)35-25(34)31(22-11-9-19(16-29-22)10-12-23(32)33)27(13-14-28-18-27)15-21-17-36-24(30-21)20-7-5-4-6-8-20/h4-12,16-17,28H,13-15,18H2,1-3H3,(H,32,33)/b12-10+/t27-/m1/s1. The fourth-order valence-electron chi connectivity index (χ4n) is 4.22. The minimum absolute atomic E-state index is 0.443. The van der Waals surface area contributed by atoms with Crippen molar-refractivity contribution in [2.75, 3.05) is 18.0 Å². The largest absolute Gasteiger partial charge is 0.478 e. The number of nitrogens with one attached hydrogen (secondary N) is 1. The highest BCUT2D eigenvalue weighted by molar-refractivity contribution is 7.13. The van der Waals surface area contributed by atoms with E-state index in [1.165, 1.54) is 6.08 Å². The summed E-state index contributed by atoms with van der Waals surface area (Å²) >= 11 is 1.58. The van der Waals surface area contributed by atoms with Crippen LogP contribution in [0.15, 0.2) is 60.1 Å². The summed E-state index contributed by atoms with van der Waals surface area (Å²) in [6, 6.07) is 13.5. The molecule has 0 saturated carbocycles. The average Bonchev–Trinajstić information content (AvgIpc) is 3.49. The van der Waals surface area contributed by atoms with Gasteiger partial charge >= 0.3 is 12.1 Å². The molecule has 1 aromatic carbocycles. The zero-order valence-corrected chi connectivity index (χ0v) is 21.4. The monoisotopic (exact) mass is 506 g/mol. The average molecular weight is 507 g/mol. The summed E-state index contributed by atoms with van der Waals surface area (Å²) in [5, 5.41) is 15.3. The number of carboxylic acid groups (broad SMARTS) is 1. The van der Waals surface area contributed by atoms with Gasteiger partial charge in [-0.1, -0.05) is 30.3 Å². The molecule has 1 amide bonds. The maximum Gasteiger partial charge on any atom is 0.416 e. The molecular formula is C27H30N4O4S. The number of carbonyl (C=O) groups excluding carboxylic acids is 1. The molecule has 36 heavy (non-hydrogen) atoms. The first-order chi connectivity index (χ1) is 17.2. The molecule has 3 aromatic rings. The van der Waals surface area contributed by atoms with Crippen LogP contribution in [0.3, 0.4) is 0 Å². The van der Waals surface area contributed by atoms with E-state index >= 15 is 0 Å². The lowest BCUT2D eigenvalue weighted by Gasteiger charge is -2.40. The Labute approximate surface area is 214 Å². The molecule has 1 saturated heterocycles. The summed E-state index contributed by atoms with van der Waals surface area (Å²) in [6.45, 7) is 6.81. The molecule has 0 unspecified atom stereocenters. The van der Waals surface area contributed by atoms with Gasteiger partial charge in [0.1, 0.15) is 16.4 Å². The van der Waals surface area contributed by atoms with Crippen molar-refractivity contribution in [3.63, 3.8) is 0 Å². The summed E-state index contributed by atoms with van der Waals surface area (Å²) in [5.74, 6) is -0.595. The highest BCUT2D eigenvalue weighted by atomic mass is 32.1. The van der Waals surface area contributed by atoms with Crippen molar-refractivity contribution in [2.45, 2.75) is 44.8 Å². The van der Waals surface area contributed by atoms with E-state index in [-0.39, 0.29) is 0 Å². The molecule has 1 fully saturated rings. The van der Waals surface area contributed by atoms with Gasteiger partial charge in [0.15, 0.2) is 0 Å². The third-order valence-corrected chi connectivity index (χ3v) is 6.71. The van der Waals surface area contributed by atoms with Crippen LogP contribution in [0.1, 0.15) is 38.4 Å². The second-order valence-corrected chi connectivity index (χ2v) is 10.6. The topological polar surface area (TPSA) is 105 Å². The van der Waals surface area contributed by atoms with Gasteiger partial charge in [-0.2, -0.15) is 0 Å². The predicted molar refractivity (Wildman–Crippen MR) is 141 cm³/mol. The minimum Gasteiger partial charge on any atom is -0.478 e. The summed E-state index contributed by atoms with van der Waals surface area (Å²) in [6.07, 6.45) is 4.82. The number of aromatic nitrogens is 2. The number of hydrogen-bond acceptors (Lipinski definition) is 7. The van der Waals surface area contributed by atoms with Gasteiger partial charge in [0.05, 0.1) is 11.2 Å². The fraction of sp³-hybridized carbons (Fsp3) is 0.333. The Balaban J connectivity index is 1.69. The lowest BCUT2D eigenvalue weighted by atomic mass is 9.90. The molecular weight excluding hydrogens is 476 g/mol. The fourth-order valence-corrected chi connectivity index (χ4v) is 5.05. The van der Waals surface area contributed by atoms with Gasteiger partial charge in [0.25, 0.3) is 0 Å². The van der Waals surface area contributed by atoms with Crippen molar-refractivity contribution < 1.29 is 19.4 Å². The molecule has 8 nitrogen and oxygen atoms in total. The summed E-state index contributed by atoms with van der Waals surface area (Å²) in [5.41, 5.74) is 1.26. The van der Waals surface area contributed by atoms with Crippen molar-refractivity contribution in [2.24, 2.45) is 0 Å². The first-order valence-corrected chi connectivity index (χ1v) is 12.6.